The van der Waals surface area contributed by atoms with Crippen molar-refractivity contribution in [3.05, 3.63) is 33.7 Å². The van der Waals surface area contributed by atoms with Gasteiger partial charge >= 0.3 is 0 Å². The lowest BCUT2D eigenvalue weighted by Crippen LogP contribution is -2.03. The number of nitrogens with one attached hydrogen (secondary N) is 1. The van der Waals surface area contributed by atoms with E-state index in [4.69, 9.17) is 0 Å². The normalized spacial score (nSPS) is 9.56. The first-order valence-electron chi connectivity index (χ1n) is 2.86. The first-order chi connectivity index (χ1) is 4.20. The SMILES string of the molecule is Cc1c[nH]c(=O)cc1C. The van der Waals surface area contributed by atoms with Gasteiger partial charge in [-0.05, 0) is 25.0 Å². The molecule has 0 aliphatic heterocycles. The Morgan fingerprint density at radius 3 is 2.44 bits per heavy atom. The molecular weight excluding hydrogens is 114 g/mol. The summed E-state index contributed by atoms with van der Waals surface area (Å²) in [5.74, 6) is 0. The first-order valence-corrected chi connectivity index (χ1v) is 2.86. The maximum atomic E-state index is 10.6. The molecule has 0 atom stereocenters. The topological polar surface area (TPSA) is 32.9 Å². The number of H-pyrrole nitrogens is 1. The molecule has 0 fully saturated rings. The third-order valence-corrected chi connectivity index (χ3v) is 1.40. The Kier molecular flexibility index (Phi) is 1.39. The summed E-state index contributed by atoms with van der Waals surface area (Å²) in [5.41, 5.74) is 2.13. The van der Waals surface area contributed by atoms with Crippen LogP contribution in [0.15, 0.2) is 17.1 Å². The fourth-order valence-corrected chi connectivity index (χ4v) is 0.645. The Labute approximate surface area is 53.5 Å². The second-order valence-corrected chi connectivity index (χ2v) is 2.16. The van der Waals surface area contributed by atoms with Gasteiger partial charge in [0, 0.05) is 12.3 Å². The second kappa shape index (κ2) is 2.05. The summed E-state index contributed by atoms with van der Waals surface area (Å²) in [5, 5.41) is 0. The number of pyridine rings is 1. The number of hydrogen-bond donors (Lipinski definition) is 1. The summed E-state index contributed by atoms with van der Waals surface area (Å²) in [6, 6.07) is 1.59. The lowest BCUT2D eigenvalue weighted by atomic mass is 10.2. The van der Waals surface area contributed by atoms with Crippen LogP contribution in [0.25, 0.3) is 0 Å². The van der Waals surface area contributed by atoms with Crippen molar-refractivity contribution in [3.8, 4) is 0 Å². The van der Waals surface area contributed by atoms with Gasteiger partial charge in [0.05, 0.1) is 0 Å². The maximum absolute atomic E-state index is 10.6. The molecule has 0 saturated heterocycles. The van der Waals surface area contributed by atoms with Crippen molar-refractivity contribution in [2.45, 2.75) is 13.8 Å². The van der Waals surface area contributed by atoms with E-state index in [0.29, 0.717) is 0 Å². The molecule has 1 heterocycles. The summed E-state index contributed by atoms with van der Waals surface area (Å²) in [6.07, 6.45) is 1.72. The molecule has 1 N–H and O–H groups in total. The number of aryl methyl sites for hydroxylation is 2. The van der Waals surface area contributed by atoms with Crippen LogP contribution in [0.3, 0.4) is 0 Å². The Balaban J connectivity index is 3.34. The Morgan fingerprint density at radius 2 is 2.00 bits per heavy atom. The monoisotopic (exact) mass is 123 g/mol. The van der Waals surface area contributed by atoms with Gasteiger partial charge in [-0.25, -0.2) is 0 Å². The van der Waals surface area contributed by atoms with Crippen LogP contribution in [0.1, 0.15) is 11.1 Å². The van der Waals surface area contributed by atoms with Crippen LogP contribution < -0.4 is 5.56 Å². The minimum Gasteiger partial charge on any atom is -0.329 e. The van der Waals surface area contributed by atoms with Crippen LogP contribution in [-0.4, -0.2) is 4.98 Å². The highest BCUT2D eigenvalue weighted by molar-refractivity contribution is 5.18. The molecule has 1 rings (SSSR count). The average Bonchev–Trinajstić information content (AvgIpc) is 1.80. The zero-order chi connectivity index (χ0) is 6.85. The summed E-state index contributed by atoms with van der Waals surface area (Å²) in [7, 11) is 0. The minimum absolute atomic E-state index is 0.0295. The molecule has 0 unspecified atom stereocenters. The van der Waals surface area contributed by atoms with Crippen molar-refractivity contribution in [2.75, 3.05) is 0 Å². The van der Waals surface area contributed by atoms with Crippen LogP contribution in [0, 0.1) is 13.8 Å². The van der Waals surface area contributed by atoms with Crippen LogP contribution in [-0.2, 0) is 0 Å². The van der Waals surface area contributed by atoms with Crippen molar-refractivity contribution in [3.63, 3.8) is 0 Å². The van der Waals surface area contributed by atoms with E-state index in [0.717, 1.165) is 11.1 Å². The van der Waals surface area contributed by atoms with E-state index in [1.165, 1.54) is 0 Å². The van der Waals surface area contributed by atoms with Gasteiger partial charge in [-0.1, -0.05) is 0 Å². The quantitative estimate of drug-likeness (QED) is 0.548. The Hall–Kier alpha value is -1.05. The number of rotatable bonds is 0. The molecule has 2 heteroatoms. The van der Waals surface area contributed by atoms with Crippen LogP contribution >= 0.6 is 0 Å². The third-order valence-electron chi connectivity index (χ3n) is 1.40. The van der Waals surface area contributed by atoms with Gasteiger partial charge in [0.15, 0.2) is 0 Å². The van der Waals surface area contributed by atoms with E-state index in [-0.39, 0.29) is 5.56 Å². The molecule has 2 nitrogen and oxygen atoms in total. The molecule has 0 aliphatic rings. The highest BCUT2D eigenvalue weighted by Crippen LogP contribution is 1.97. The highest BCUT2D eigenvalue weighted by atomic mass is 16.1. The molecule has 0 aromatic carbocycles. The molecule has 0 spiro atoms. The predicted molar refractivity (Wildman–Crippen MR) is 36.5 cm³/mol. The van der Waals surface area contributed by atoms with Crippen LogP contribution in [0.5, 0.6) is 0 Å². The van der Waals surface area contributed by atoms with E-state index in [1.54, 1.807) is 12.3 Å². The van der Waals surface area contributed by atoms with E-state index in [1.807, 2.05) is 13.8 Å². The Bertz CT molecular complexity index is 262. The smallest absolute Gasteiger partial charge is 0.248 e. The fourth-order valence-electron chi connectivity index (χ4n) is 0.645. The van der Waals surface area contributed by atoms with Crippen LogP contribution in [0.2, 0.25) is 0 Å². The fraction of sp³-hybridized carbons (Fsp3) is 0.286. The number of hydrogen-bond acceptors (Lipinski definition) is 1. The van der Waals surface area contributed by atoms with Gasteiger partial charge in [-0.15, -0.1) is 0 Å². The maximum Gasteiger partial charge on any atom is 0.248 e. The predicted octanol–water partition coefficient (Wildman–Crippen LogP) is 0.992. The lowest BCUT2D eigenvalue weighted by Gasteiger charge is -1.93. The van der Waals surface area contributed by atoms with Crippen molar-refractivity contribution in [2.24, 2.45) is 0 Å². The molecule has 0 saturated carbocycles. The van der Waals surface area contributed by atoms with Crippen molar-refractivity contribution >= 4 is 0 Å². The molecule has 0 aliphatic carbocycles. The third kappa shape index (κ3) is 1.19. The molecule has 1 aromatic rings. The molecule has 9 heavy (non-hydrogen) atoms. The lowest BCUT2D eigenvalue weighted by molar-refractivity contribution is 1.16. The van der Waals surface area contributed by atoms with Crippen molar-refractivity contribution < 1.29 is 0 Å². The van der Waals surface area contributed by atoms with Gasteiger partial charge in [-0.3, -0.25) is 4.79 Å². The summed E-state index contributed by atoms with van der Waals surface area (Å²) in [6.45, 7) is 3.88. The average molecular weight is 123 g/mol. The van der Waals surface area contributed by atoms with Crippen LogP contribution in [0.4, 0.5) is 0 Å². The molecule has 1 aromatic heterocycles. The van der Waals surface area contributed by atoms with Crippen molar-refractivity contribution in [1.82, 2.24) is 4.98 Å². The van der Waals surface area contributed by atoms with E-state index < -0.39 is 0 Å². The van der Waals surface area contributed by atoms with Crippen molar-refractivity contribution in [1.29, 1.82) is 0 Å². The van der Waals surface area contributed by atoms with Gasteiger partial charge in [0.1, 0.15) is 0 Å². The summed E-state index contributed by atoms with van der Waals surface area (Å²) < 4.78 is 0. The van der Waals surface area contributed by atoms with E-state index in [9.17, 15) is 4.79 Å². The Morgan fingerprint density at radius 1 is 1.33 bits per heavy atom. The number of aromatic nitrogens is 1. The van der Waals surface area contributed by atoms with E-state index >= 15 is 0 Å². The van der Waals surface area contributed by atoms with Gasteiger partial charge in [0.2, 0.25) is 5.56 Å². The molecule has 0 radical (unpaired) electrons. The highest BCUT2D eigenvalue weighted by Gasteiger charge is 1.89. The first kappa shape index (κ1) is 6.08. The standard InChI is InChI=1S/C7H9NO/c1-5-3-7(9)8-4-6(5)2/h3-4H,1-2H3,(H,8,9). The van der Waals surface area contributed by atoms with Gasteiger partial charge in [0.25, 0.3) is 0 Å². The zero-order valence-corrected chi connectivity index (χ0v) is 5.56. The summed E-state index contributed by atoms with van der Waals surface area (Å²) in [4.78, 5) is 13.2. The molecular formula is C7H9NO. The number of aromatic amines is 1. The van der Waals surface area contributed by atoms with Gasteiger partial charge < -0.3 is 4.98 Å². The van der Waals surface area contributed by atoms with E-state index in [2.05, 4.69) is 4.98 Å². The largest absolute Gasteiger partial charge is 0.329 e. The second-order valence-electron chi connectivity index (χ2n) is 2.16. The molecule has 0 bridgehead atoms. The molecule has 0 amide bonds. The summed E-state index contributed by atoms with van der Waals surface area (Å²) >= 11 is 0. The van der Waals surface area contributed by atoms with Gasteiger partial charge in [-0.2, -0.15) is 0 Å². The zero-order valence-electron chi connectivity index (χ0n) is 5.56. The minimum atomic E-state index is -0.0295. The molecule has 48 valence electrons.